The molecule has 1 heterocycles. The molecule has 0 bridgehead atoms. The fraction of sp³-hybridized carbons (Fsp3) is 0.538. The molecule has 1 aliphatic heterocycles. The van der Waals surface area contributed by atoms with E-state index < -0.39 is 15.8 Å². The van der Waals surface area contributed by atoms with Crippen molar-refractivity contribution in [1.82, 2.24) is 4.31 Å². The van der Waals surface area contributed by atoms with Gasteiger partial charge in [-0.25, -0.2) is 12.8 Å². The smallest absolute Gasteiger partial charge is 0.207 e. The summed E-state index contributed by atoms with van der Waals surface area (Å²) in [5.74, 6) is -0.678. The van der Waals surface area contributed by atoms with Crippen molar-refractivity contribution in [3.05, 3.63) is 30.1 Å². The monoisotopic (exact) mass is 271 g/mol. The highest BCUT2D eigenvalue weighted by molar-refractivity contribution is 7.89. The first-order valence-corrected chi connectivity index (χ1v) is 7.66. The van der Waals surface area contributed by atoms with Crippen molar-refractivity contribution in [3.63, 3.8) is 0 Å². The lowest BCUT2D eigenvalue weighted by Crippen LogP contribution is -2.47. The molecule has 0 spiro atoms. The first kappa shape index (κ1) is 13.5. The van der Waals surface area contributed by atoms with Gasteiger partial charge in [-0.05, 0) is 38.8 Å². The lowest BCUT2D eigenvalue weighted by molar-refractivity contribution is 0.203. The Hall–Kier alpha value is -0.940. The van der Waals surface area contributed by atoms with Gasteiger partial charge in [0.15, 0.2) is 0 Å². The maximum absolute atomic E-state index is 13.7. The van der Waals surface area contributed by atoms with Crippen LogP contribution in [-0.2, 0) is 10.0 Å². The van der Waals surface area contributed by atoms with Crippen LogP contribution in [0.15, 0.2) is 29.2 Å². The normalized spacial score (nSPS) is 26.2. The molecular weight excluding hydrogens is 253 g/mol. The van der Waals surface area contributed by atoms with Crippen LogP contribution in [0.1, 0.15) is 33.1 Å². The maximum atomic E-state index is 13.7. The Kier molecular flexibility index (Phi) is 3.73. The fourth-order valence-electron chi connectivity index (χ4n) is 2.64. The van der Waals surface area contributed by atoms with E-state index in [9.17, 15) is 12.8 Å². The van der Waals surface area contributed by atoms with Gasteiger partial charge in [0.2, 0.25) is 10.0 Å². The van der Waals surface area contributed by atoms with Gasteiger partial charge in [-0.1, -0.05) is 18.6 Å². The zero-order valence-corrected chi connectivity index (χ0v) is 11.5. The third kappa shape index (κ3) is 2.29. The molecule has 2 atom stereocenters. The quantitative estimate of drug-likeness (QED) is 0.829. The predicted molar refractivity (Wildman–Crippen MR) is 68.2 cm³/mol. The number of halogens is 1. The van der Waals surface area contributed by atoms with Crippen molar-refractivity contribution in [2.24, 2.45) is 0 Å². The van der Waals surface area contributed by atoms with E-state index in [-0.39, 0.29) is 17.0 Å². The van der Waals surface area contributed by atoms with Crippen molar-refractivity contribution in [3.8, 4) is 0 Å². The molecule has 5 heteroatoms. The molecular formula is C13H18FNO2S. The van der Waals surface area contributed by atoms with Gasteiger partial charge in [0.1, 0.15) is 10.7 Å². The van der Waals surface area contributed by atoms with E-state index in [1.54, 1.807) is 6.07 Å². The van der Waals surface area contributed by atoms with Gasteiger partial charge in [-0.2, -0.15) is 4.31 Å². The molecule has 2 rings (SSSR count). The number of hydrogen-bond acceptors (Lipinski definition) is 2. The standard InChI is InChI=1S/C13H18FNO2S/c1-10-6-5-7-11(2)15(10)18(16,17)13-9-4-3-8-12(13)14/h3-4,8-11H,5-7H2,1-2H3. The Labute approximate surface area is 108 Å². The zero-order chi connectivity index (χ0) is 13.3. The number of sulfonamides is 1. The molecule has 3 nitrogen and oxygen atoms in total. The molecule has 1 aromatic carbocycles. The minimum Gasteiger partial charge on any atom is -0.207 e. The van der Waals surface area contributed by atoms with E-state index in [4.69, 9.17) is 0 Å². The summed E-state index contributed by atoms with van der Waals surface area (Å²) in [7, 11) is -3.73. The Balaban J connectivity index is 2.45. The van der Waals surface area contributed by atoms with Crippen LogP contribution in [-0.4, -0.2) is 24.8 Å². The van der Waals surface area contributed by atoms with Gasteiger partial charge < -0.3 is 0 Å². The average Bonchev–Trinajstić information content (AvgIpc) is 2.28. The van der Waals surface area contributed by atoms with Crippen molar-refractivity contribution in [2.45, 2.75) is 50.1 Å². The second-order valence-corrected chi connectivity index (χ2v) is 6.71. The van der Waals surface area contributed by atoms with Crippen LogP contribution >= 0.6 is 0 Å². The summed E-state index contributed by atoms with van der Waals surface area (Å²) in [4.78, 5) is -0.217. The fourth-order valence-corrected chi connectivity index (χ4v) is 4.59. The third-order valence-corrected chi connectivity index (χ3v) is 5.67. The Morgan fingerprint density at radius 1 is 1.17 bits per heavy atom. The maximum Gasteiger partial charge on any atom is 0.246 e. The second-order valence-electron chi connectivity index (χ2n) is 4.89. The Morgan fingerprint density at radius 3 is 2.28 bits per heavy atom. The van der Waals surface area contributed by atoms with Crippen LogP contribution in [0.25, 0.3) is 0 Å². The van der Waals surface area contributed by atoms with E-state index in [1.807, 2.05) is 13.8 Å². The molecule has 0 amide bonds. The van der Waals surface area contributed by atoms with Crippen molar-refractivity contribution >= 4 is 10.0 Å². The highest BCUT2D eigenvalue weighted by Crippen LogP contribution is 2.30. The number of rotatable bonds is 2. The highest BCUT2D eigenvalue weighted by atomic mass is 32.2. The summed E-state index contributed by atoms with van der Waals surface area (Å²) in [5.41, 5.74) is 0. The molecule has 1 aromatic rings. The first-order chi connectivity index (χ1) is 8.44. The van der Waals surface area contributed by atoms with E-state index in [0.717, 1.165) is 19.3 Å². The van der Waals surface area contributed by atoms with E-state index in [0.29, 0.717) is 0 Å². The highest BCUT2D eigenvalue weighted by Gasteiger charge is 2.36. The average molecular weight is 271 g/mol. The van der Waals surface area contributed by atoms with Gasteiger partial charge in [0, 0.05) is 12.1 Å². The van der Waals surface area contributed by atoms with E-state index in [2.05, 4.69) is 0 Å². The SMILES string of the molecule is CC1CCCC(C)N1S(=O)(=O)c1ccccc1F. The lowest BCUT2D eigenvalue weighted by Gasteiger charge is -2.37. The largest absolute Gasteiger partial charge is 0.246 e. The van der Waals surface area contributed by atoms with Crippen LogP contribution in [0.3, 0.4) is 0 Å². The van der Waals surface area contributed by atoms with Crippen molar-refractivity contribution in [2.75, 3.05) is 0 Å². The minimum absolute atomic E-state index is 0.0710. The Bertz CT molecular complexity index is 520. The molecule has 0 aromatic heterocycles. The van der Waals surface area contributed by atoms with Crippen LogP contribution in [0.2, 0.25) is 0 Å². The molecule has 1 saturated heterocycles. The van der Waals surface area contributed by atoms with Gasteiger partial charge in [0.05, 0.1) is 0 Å². The molecule has 100 valence electrons. The second kappa shape index (κ2) is 4.97. The van der Waals surface area contributed by atoms with E-state index >= 15 is 0 Å². The number of hydrogen-bond donors (Lipinski definition) is 0. The first-order valence-electron chi connectivity index (χ1n) is 6.22. The van der Waals surface area contributed by atoms with Gasteiger partial charge in [-0.15, -0.1) is 0 Å². The summed E-state index contributed by atoms with van der Waals surface area (Å²) in [6.07, 6.45) is 2.68. The van der Waals surface area contributed by atoms with Gasteiger partial charge in [0.25, 0.3) is 0 Å². The molecule has 18 heavy (non-hydrogen) atoms. The summed E-state index contributed by atoms with van der Waals surface area (Å²) < 4.78 is 40.2. The Morgan fingerprint density at radius 2 is 1.72 bits per heavy atom. The van der Waals surface area contributed by atoms with Crippen molar-refractivity contribution < 1.29 is 12.8 Å². The van der Waals surface area contributed by atoms with Gasteiger partial charge in [-0.3, -0.25) is 0 Å². The summed E-state index contributed by atoms with van der Waals surface area (Å²) in [6.45, 7) is 3.77. The summed E-state index contributed by atoms with van der Waals surface area (Å²) >= 11 is 0. The predicted octanol–water partition coefficient (Wildman–Crippen LogP) is 2.78. The number of piperidine rings is 1. The van der Waals surface area contributed by atoms with Crippen molar-refractivity contribution in [1.29, 1.82) is 0 Å². The molecule has 1 fully saturated rings. The molecule has 0 aliphatic carbocycles. The van der Waals surface area contributed by atoms with E-state index in [1.165, 1.54) is 22.5 Å². The summed E-state index contributed by atoms with van der Waals surface area (Å²) in [6, 6.07) is 5.43. The van der Waals surface area contributed by atoms with Crippen LogP contribution in [0.5, 0.6) is 0 Å². The summed E-state index contributed by atoms with van der Waals surface area (Å²) in [5, 5.41) is 0. The van der Waals surface area contributed by atoms with Crippen LogP contribution in [0.4, 0.5) is 4.39 Å². The number of nitrogens with zero attached hydrogens (tertiary/aromatic N) is 1. The minimum atomic E-state index is -3.73. The molecule has 2 unspecified atom stereocenters. The van der Waals surface area contributed by atoms with Crippen LogP contribution in [0, 0.1) is 5.82 Å². The lowest BCUT2D eigenvalue weighted by atomic mass is 10.0. The van der Waals surface area contributed by atoms with Gasteiger partial charge >= 0.3 is 0 Å². The molecule has 1 aliphatic rings. The number of benzene rings is 1. The van der Waals surface area contributed by atoms with Crippen LogP contribution < -0.4 is 0 Å². The zero-order valence-electron chi connectivity index (χ0n) is 10.6. The third-order valence-electron chi connectivity index (χ3n) is 3.50. The molecule has 0 radical (unpaired) electrons. The molecule has 0 N–H and O–H groups in total. The topological polar surface area (TPSA) is 37.4 Å². The molecule has 0 saturated carbocycles.